The summed E-state index contributed by atoms with van der Waals surface area (Å²) < 4.78 is 6.94. The van der Waals surface area contributed by atoms with Crippen LogP contribution in [0, 0.1) is 6.92 Å². The number of aryl methyl sites for hydroxylation is 2. The molecule has 100 valence electrons. The SMILES string of the molecule is COc1ccccc1-n1nc(CCC(=O)O)nc1C. The van der Waals surface area contributed by atoms with Gasteiger partial charge in [-0.2, -0.15) is 5.10 Å². The molecule has 0 unspecified atom stereocenters. The van der Waals surface area contributed by atoms with Crippen LogP contribution in [0.15, 0.2) is 24.3 Å². The van der Waals surface area contributed by atoms with Gasteiger partial charge in [-0.25, -0.2) is 9.67 Å². The number of aliphatic carboxylic acids is 1. The fourth-order valence-electron chi connectivity index (χ4n) is 1.80. The van der Waals surface area contributed by atoms with Gasteiger partial charge >= 0.3 is 5.97 Å². The molecule has 6 heteroatoms. The van der Waals surface area contributed by atoms with E-state index in [1.165, 1.54) is 0 Å². The summed E-state index contributed by atoms with van der Waals surface area (Å²) in [7, 11) is 1.59. The molecule has 2 rings (SSSR count). The van der Waals surface area contributed by atoms with Crippen molar-refractivity contribution < 1.29 is 14.6 Å². The second-order valence-corrected chi connectivity index (χ2v) is 4.05. The van der Waals surface area contributed by atoms with Crippen molar-refractivity contribution >= 4 is 5.97 Å². The molecular weight excluding hydrogens is 246 g/mol. The number of hydrogen-bond donors (Lipinski definition) is 1. The Morgan fingerprint density at radius 2 is 2.16 bits per heavy atom. The summed E-state index contributed by atoms with van der Waals surface area (Å²) in [5.41, 5.74) is 0.788. The van der Waals surface area contributed by atoms with Crippen molar-refractivity contribution in [2.75, 3.05) is 7.11 Å². The largest absolute Gasteiger partial charge is 0.494 e. The fraction of sp³-hybridized carbons (Fsp3) is 0.308. The molecular formula is C13H15N3O3. The Morgan fingerprint density at radius 1 is 1.42 bits per heavy atom. The minimum Gasteiger partial charge on any atom is -0.494 e. The lowest BCUT2D eigenvalue weighted by molar-refractivity contribution is -0.137. The van der Waals surface area contributed by atoms with E-state index in [0.29, 0.717) is 23.8 Å². The third-order valence-electron chi connectivity index (χ3n) is 2.69. The van der Waals surface area contributed by atoms with Gasteiger partial charge in [-0.05, 0) is 19.1 Å². The van der Waals surface area contributed by atoms with Crippen molar-refractivity contribution in [2.24, 2.45) is 0 Å². The highest BCUT2D eigenvalue weighted by atomic mass is 16.5. The highest BCUT2D eigenvalue weighted by molar-refractivity contribution is 5.66. The summed E-state index contributed by atoms with van der Waals surface area (Å²) in [6, 6.07) is 7.48. The number of carbonyl (C=O) groups is 1. The van der Waals surface area contributed by atoms with E-state index in [2.05, 4.69) is 10.1 Å². The standard InChI is InChI=1S/C13H15N3O3/c1-9-14-12(7-8-13(17)18)15-16(9)10-5-3-4-6-11(10)19-2/h3-6H,7-8H2,1-2H3,(H,17,18). The van der Waals surface area contributed by atoms with Crippen LogP contribution < -0.4 is 4.74 Å². The minimum absolute atomic E-state index is 0.0232. The van der Waals surface area contributed by atoms with Gasteiger partial charge in [0, 0.05) is 6.42 Å². The first-order valence-corrected chi connectivity index (χ1v) is 5.89. The van der Waals surface area contributed by atoms with Crippen LogP contribution in [0.2, 0.25) is 0 Å². The first-order chi connectivity index (χ1) is 9.11. The third-order valence-corrected chi connectivity index (χ3v) is 2.69. The number of ether oxygens (including phenoxy) is 1. The van der Waals surface area contributed by atoms with Crippen molar-refractivity contribution in [3.05, 3.63) is 35.9 Å². The molecule has 19 heavy (non-hydrogen) atoms. The number of carboxylic acids is 1. The molecule has 0 saturated heterocycles. The normalized spacial score (nSPS) is 10.4. The molecule has 1 aromatic heterocycles. The van der Waals surface area contributed by atoms with Crippen LogP contribution >= 0.6 is 0 Å². The van der Waals surface area contributed by atoms with E-state index in [1.807, 2.05) is 31.2 Å². The highest BCUT2D eigenvalue weighted by Gasteiger charge is 2.12. The average molecular weight is 261 g/mol. The van der Waals surface area contributed by atoms with Crippen LogP contribution in [-0.2, 0) is 11.2 Å². The van der Waals surface area contributed by atoms with Gasteiger partial charge in [0.05, 0.1) is 13.5 Å². The Morgan fingerprint density at radius 3 is 2.84 bits per heavy atom. The van der Waals surface area contributed by atoms with E-state index in [9.17, 15) is 4.79 Å². The zero-order valence-corrected chi connectivity index (χ0v) is 10.8. The predicted octanol–water partition coefficient (Wildman–Crippen LogP) is 1.60. The van der Waals surface area contributed by atoms with Crippen LogP contribution in [-0.4, -0.2) is 33.0 Å². The molecule has 0 aliphatic rings. The Bertz CT molecular complexity index is 593. The molecule has 6 nitrogen and oxygen atoms in total. The fourth-order valence-corrected chi connectivity index (χ4v) is 1.80. The topological polar surface area (TPSA) is 77.2 Å². The molecule has 0 saturated carbocycles. The van der Waals surface area contributed by atoms with Gasteiger partial charge < -0.3 is 9.84 Å². The van der Waals surface area contributed by atoms with Crippen LogP contribution in [0.3, 0.4) is 0 Å². The summed E-state index contributed by atoms with van der Waals surface area (Å²) in [4.78, 5) is 14.8. The Hall–Kier alpha value is -2.37. The first kappa shape index (κ1) is 13.1. The number of hydrogen-bond acceptors (Lipinski definition) is 4. The summed E-state index contributed by atoms with van der Waals surface area (Å²) >= 11 is 0. The zero-order valence-electron chi connectivity index (χ0n) is 10.8. The van der Waals surface area contributed by atoms with E-state index >= 15 is 0 Å². The molecule has 1 aromatic carbocycles. The number of carboxylic acid groups (broad SMARTS) is 1. The molecule has 0 aliphatic carbocycles. The van der Waals surface area contributed by atoms with Gasteiger partial charge in [0.2, 0.25) is 0 Å². The lowest BCUT2D eigenvalue weighted by atomic mass is 10.3. The number of aromatic nitrogens is 3. The van der Waals surface area contributed by atoms with E-state index < -0.39 is 5.97 Å². The molecule has 0 amide bonds. The highest BCUT2D eigenvalue weighted by Crippen LogP contribution is 2.22. The number of rotatable bonds is 5. The number of benzene rings is 1. The molecule has 0 bridgehead atoms. The summed E-state index contributed by atoms with van der Waals surface area (Å²) in [6.45, 7) is 1.82. The van der Waals surface area contributed by atoms with Gasteiger partial charge in [-0.15, -0.1) is 0 Å². The van der Waals surface area contributed by atoms with E-state index in [1.54, 1.807) is 11.8 Å². The van der Waals surface area contributed by atoms with Gasteiger partial charge in [-0.1, -0.05) is 12.1 Å². The van der Waals surface area contributed by atoms with Crippen LogP contribution in [0.4, 0.5) is 0 Å². The molecule has 0 atom stereocenters. The first-order valence-electron chi connectivity index (χ1n) is 5.89. The maximum absolute atomic E-state index is 10.6. The maximum Gasteiger partial charge on any atom is 0.303 e. The van der Waals surface area contributed by atoms with Crippen molar-refractivity contribution in [1.82, 2.24) is 14.8 Å². The van der Waals surface area contributed by atoms with Gasteiger partial charge in [-0.3, -0.25) is 4.79 Å². The lowest BCUT2D eigenvalue weighted by Crippen LogP contribution is -2.03. The van der Waals surface area contributed by atoms with Crippen molar-refractivity contribution in [3.63, 3.8) is 0 Å². The summed E-state index contributed by atoms with van der Waals surface area (Å²) in [5, 5.41) is 13.0. The lowest BCUT2D eigenvalue weighted by Gasteiger charge is -2.08. The predicted molar refractivity (Wildman–Crippen MR) is 68.6 cm³/mol. The van der Waals surface area contributed by atoms with Gasteiger partial charge in [0.15, 0.2) is 5.82 Å². The average Bonchev–Trinajstić information content (AvgIpc) is 2.77. The Labute approximate surface area is 110 Å². The Balaban J connectivity index is 2.32. The van der Waals surface area contributed by atoms with E-state index in [4.69, 9.17) is 9.84 Å². The quantitative estimate of drug-likeness (QED) is 0.884. The molecule has 0 spiro atoms. The van der Waals surface area contributed by atoms with Crippen LogP contribution in [0.5, 0.6) is 5.75 Å². The molecule has 1 N–H and O–H groups in total. The number of methoxy groups -OCH3 is 1. The smallest absolute Gasteiger partial charge is 0.303 e. The van der Waals surface area contributed by atoms with Gasteiger partial charge in [0.25, 0.3) is 0 Å². The zero-order chi connectivity index (χ0) is 13.8. The van der Waals surface area contributed by atoms with E-state index in [-0.39, 0.29) is 6.42 Å². The monoisotopic (exact) mass is 261 g/mol. The molecule has 0 fully saturated rings. The molecule has 0 aliphatic heterocycles. The molecule has 0 radical (unpaired) electrons. The minimum atomic E-state index is -0.855. The van der Waals surface area contributed by atoms with Crippen LogP contribution in [0.25, 0.3) is 5.69 Å². The van der Waals surface area contributed by atoms with Crippen LogP contribution in [0.1, 0.15) is 18.1 Å². The summed E-state index contributed by atoms with van der Waals surface area (Å²) in [6.07, 6.45) is 0.341. The van der Waals surface area contributed by atoms with Crippen molar-refractivity contribution in [1.29, 1.82) is 0 Å². The van der Waals surface area contributed by atoms with Crippen molar-refractivity contribution in [3.8, 4) is 11.4 Å². The van der Waals surface area contributed by atoms with E-state index in [0.717, 1.165) is 5.69 Å². The number of nitrogens with zero attached hydrogens (tertiary/aromatic N) is 3. The molecule has 2 aromatic rings. The third kappa shape index (κ3) is 2.90. The maximum atomic E-state index is 10.6. The second kappa shape index (κ2) is 5.51. The second-order valence-electron chi connectivity index (χ2n) is 4.05. The molecule has 1 heterocycles. The van der Waals surface area contributed by atoms with Gasteiger partial charge in [0.1, 0.15) is 17.3 Å². The summed E-state index contributed by atoms with van der Waals surface area (Å²) in [5.74, 6) is 1.06. The number of para-hydroxylation sites is 2. The Kier molecular flexibility index (Phi) is 3.79. The van der Waals surface area contributed by atoms with Crippen molar-refractivity contribution in [2.45, 2.75) is 19.8 Å².